The van der Waals surface area contributed by atoms with Crippen molar-refractivity contribution in [3.8, 4) is 5.75 Å². The van der Waals surface area contributed by atoms with Crippen LogP contribution in [-0.2, 0) is 0 Å². The van der Waals surface area contributed by atoms with Gasteiger partial charge in [-0.2, -0.15) is 0 Å². The third-order valence-electron chi connectivity index (χ3n) is 4.82. The van der Waals surface area contributed by atoms with Gasteiger partial charge in [0.25, 0.3) is 0 Å². The monoisotopic (exact) mass is 352 g/mol. The molecule has 0 saturated carbocycles. The normalized spacial score (nSPS) is 17.3. The molecular weight excluding hydrogens is 320 g/mol. The van der Waals surface area contributed by atoms with Crippen molar-refractivity contribution < 1.29 is 4.74 Å². The maximum Gasteiger partial charge on any atom is 0.136 e. The molecule has 0 saturated heterocycles. The molecule has 1 aromatic rings. The summed E-state index contributed by atoms with van der Waals surface area (Å²) in [6, 6.07) is 6.46. The van der Waals surface area contributed by atoms with Crippen LogP contribution in [0.3, 0.4) is 0 Å². The Balaban J connectivity index is 2.43. The first-order chi connectivity index (χ1) is 12.5. The topological polar surface area (TPSA) is 24.8 Å². The Morgan fingerprint density at radius 3 is 2.42 bits per heavy atom. The van der Waals surface area contributed by atoms with E-state index in [4.69, 9.17) is 4.74 Å². The summed E-state index contributed by atoms with van der Waals surface area (Å²) >= 11 is 0. The molecule has 1 aromatic carbocycles. The molecule has 0 fully saturated rings. The van der Waals surface area contributed by atoms with Crippen molar-refractivity contribution in [3.05, 3.63) is 58.9 Å². The largest absolute Gasteiger partial charge is 0.456 e. The molecule has 2 rings (SSSR count). The van der Waals surface area contributed by atoms with Crippen LogP contribution < -0.4 is 9.64 Å². The number of benzene rings is 1. The summed E-state index contributed by atoms with van der Waals surface area (Å²) in [6.07, 6.45) is 7.26. The average molecular weight is 353 g/mol. The third-order valence-corrected chi connectivity index (χ3v) is 4.82. The van der Waals surface area contributed by atoms with Gasteiger partial charge in [-0.15, -0.1) is 0 Å². The number of allylic oxidation sites excluding steroid dienone is 4. The number of ether oxygens (including phenoxy) is 1. The van der Waals surface area contributed by atoms with Gasteiger partial charge in [0.2, 0.25) is 0 Å². The molecule has 0 atom stereocenters. The quantitative estimate of drug-likeness (QED) is 0.614. The fourth-order valence-corrected chi connectivity index (χ4v) is 3.02. The highest BCUT2D eigenvalue weighted by Crippen LogP contribution is 2.31. The smallest absolute Gasteiger partial charge is 0.136 e. The minimum Gasteiger partial charge on any atom is -0.456 e. The first-order valence-electron chi connectivity index (χ1n) is 9.71. The summed E-state index contributed by atoms with van der Waals surface area (Å²) in [6.45, 7) is 15.6. The van der Waals surface area contributed by atoms with Gasteiger partial charge in [-0.25, -0.2) is 0 Å². The van der Waals surface area contributed by atoms with E-state index < -0.39 is 0 Å². The van der Waals surface area contributed by atoms with Crippen molar-refractivity contribution in [3.63, 3.8) is 0 Å². The minimum atomic E-state index is 0.770. The van der Waals surface area contributed by atoms with Gasteiger partial charge in [-0.1, -0.05) is 18.6 Å². The number of hydrogen-bond donors (Lipinski definition) is 0. The van der Waals surface area contributed by atoms with Crippen molar-refractivity contribution in [2.45, 2.75) is 48.0 Å². The van der Waals surface area contributed by atoms with Crippen LogP contribution in [0.15, 0.2) is 58.3 Å². The lowest BCUT2D eigenvalue weighted by Gasteiger charge is -2.23. The number of anilines is 1. The van der Waals surface area contributed by atoms with E-state index in [2.05, 4.69) is 87.9 Å². The van der Waals surface area contributed by atoms with E-state index in [1.807, 2.05) is 0 Å². The molecule has 0 N–H and O–H groups in total. The number of aliphatic imine (C=N–C) groups is 1. The molecule has 0 aromatic heterocycles. The SMILES string of the molecule is CC/N=C1C=C/C(=C(/C)CC)C(Oc2cc(N(CC)CC)ccc2C)=C/1. The van der Waals surface area contributed by atoms with Crippen molar-refractivity contribution in [2.24, 2.45) is 4.99 Å². The lowest BCUT2D eigenvalue weighted by Crippen LogP contribution is -2.21. The molecule has 0 aliphatic heterocycles. The van der Waals surface area contributed by atoms with E-state index in [1.165, 1.54) is 11.3 Å². The van der Waals surface area contributed by atoms with Crippen molar-refractivity contribution in [1.82, 2.24) is 0 Å². The Morgan fingerprint density at radius 1 is 1.08 bits per heavy atom. The van der Waals surface area contributed by atoms with Crippen LogP contribution in [0, 0.1) is 6.92 Å². The molecule has 140 valence electrons. The Labute approximate surface area is 158 Å². The number of hydrogen-bond acceptors (Lipinski definition) is 3. The van der Waals surface area contributed by atoms with Crippen molar-refractivity contribution in [1.29, 1.82) is 0 Å². The highest BCUT2D eigenvalue weighted by atomic mass is 16.5. The van der Waals surface area contributed by atoms with Gasteiger partial charge >= 0.3 is 0 Å². The summed E-state index contributed by atoms with van der Waals surface area (Å²) in [5.74, 6) is 1.80. The fourth-order valence-electron chi connectivity index (χ4n) is 3.02. The van der Waals surface area contributed by atoms with Crippen LogP contribution in [0.25, 0.3) is 0 Å². The summed E-state index contributed by atoms with van der Waals surface area (Å²) in [7, 11) is 0. The van der Waals surface area contributed by atoms with E-state index in [0.717, 1.165) is 54.4 Å². The highest BCUT2D eigenvalue weighted by Gasteiger charge is 2.15. The first kappa shape index (κ1) is 20.0. The number of aryl methyl sites for hydroxylation is 1. The van der Waals surface area contributed by atoms with E-state index in [1.54, 1.807) is 0 Å². The van der Waals surface area contributed by atoms with E-state index >= 15 is 0 Å². The van der Waals surface area contributed by atoms with E-state index in [0.29, 0.717) is 0 Å². The molecule has 0 radical (unpaired) electrons. The minimum absolute atomic E-state index is 0.770. The maximum atomic E-state index is 6.42. The van der Waals surface area contributed by atoms with E-state index in [9.17, 15) is 0 Å². The van der Waals surface area contributed by atoms with Crippen LogP contribution in [0.2, 0.25) is 0 Å². The third kappa shape index (κ3) is 4.66. The zero-order chi connectivity index (χ0) is 19.1. The van der Waals surface area contributed by atoms with Gasteiger partial charge < -0.3 is 9.64 Å². The molecule has 3 heteroatoms. The Bertz CT molecular complexity index is 749. The van der Waals surface area contributed by atoms with Crippen LogP contribution in [0.1, 0.15) is 46.6 Å². The maximum absolute atomic E-state index is 6.42. The summed E-state index contributed by atoms with van der Waals surface area (Å²) in [4.78, 5) is 6.87. The van der Waals surface area contributed by atoms with Gasteiger partial charge in [0.1, 0.15) is 11.5 Å². The molecule has 3 nitrogen and oxygen atoms in total. The standard InChI is InChI=1S/C23H32N2O/c1-7-17(5)21-14-12-19(24-8-2)15-23(21)26-22-16-20(13-11-18(22)6)25(9-3)10-4/h11-16H,7-10H2,1-6H3/b21-17+,24-19-. The van der Waals surface area contributed by atoms with Crippen LogP contribution in [-0.4, -0.2) is 25.3 Å². The summed E-state index contributed by atoms with van der Waals surface area (Å²) in [5, 5.41) is 0. The first-order valence-corrected chi connectivity index (χ1v) is 9.71. The second-order valence-electron chi connectivity index (χ2n) is 6.51. The summed E-state index contributed by atoms with van der Waals surface area (Å²) in [5.41, 5.74) is 5.78. The van der Waals surface area contributed by atoms with Crippen LogP contribution in [0.4, 0.5) is 5.69 Å². The Hall–Kier alpha value is -2.29. The van der Waals surface area contributed by atoms with Gasteiger partial charge in [0.05, 0.1) is 5.71 Å². The van der Waals surface area contributed by atoms with E-state index in [-0.39, 0.29) is 0 Å². The lowest BCUT2D eigenvalue weighted by atomic mass is 9.99. The Kier molecular flexibility index (Phi) is 7.26. The Morgan fingerprint density at radius 2 is 1.81 bits per heavy atom. The second-order valence-corrected chi connectivity index (χ2v) is 6.51. The zero-order valence-corrected chi connectivity index (χ0v) is 17.1. The number of rotatable bonds is 7. The predicted molar refractivity (Wildman–Crippen MR) is 114 cm³/mol. The second kappa shape index (κ2) is 9.42. The molecule has 0 amide bonds. The molecule has 1 aliphatic rings. The predicted octanol–water partition coefficient (Wildman–Crippen LogP) is 5.86. The van der Waals surface area contributed by atoms with Gasteiger partial charge in [-0.05, 0) is 64.8 Å². The van der Waals surface area contributed by atoms with Crippen molar-refractivity contribution in [2.75, 3.05) is 24.5 Å². The molecule has 26 heavy (non-hydrogen) atoms. The number of nitrogens with zero attached hydrogens (tertiary/aromatic N) is 2. The molecule has 0 spiro atoms. The molecule has 0 heterocycles. The molecular formula is C23H32N2O. The van der Waals surface area contributed by atoms with Gasteiger partial charge in [0, 0.05) is 43.0 Å². The fraction of sp³-hybridized carbons (Fsp3) is 0.435. The van der Waals surface area contributed by atoms with Crippen molar-refractivity contribution >= 4 is 11.4 Å². The lowest BCUT2D eigenvalue weighted by molar-refractivity contribution is 0.434. The van der Waals surface area contributed by atoms with Crippen LogP contribution >= 0.6 is 0 Å². The highest BCUT2D eigenvalue weighted by molar-refractivity contribution is 6.06. The van der Waals surface area contributed by atoms with Gasteiger partial charge in [-0.3, -0.25) is 4.99 Å². The molecule has 1 aliphatic carbocycles. The summed E-state index contributed by atoms with van der Waals surface area (Å²) < 4.78 is 6.42. The van der Waals surface area contributed by atoms with Crippen LogP contribution in [0.5, 0.6) is 5.75 Å². The van der Waals surface area contributed by atoms with Gasteiger partial charge in [0.15, 0.2) is 0 Å². The zero-order valence-electron chi connectivity index (χ0n) is 17.1. The molecule has 0 unspecified atom stereocenters. The molecule has 0 bridgehead atoms. The average Bonchev–Trinajstić information content (AvgIpc) is 2.65.